The summed E-state index contributed by atoms with van der Waals surface area (Å²) < 4.78 is 3.52. The van der Waals surface area contributed by atoms with Crippen LogP contribution in [0.2, 0.25) is 0 Å². The average molecular weight is 250 g/mol. The zero-order chi connectivity index (χ0) is 12.8. The minimum absolute atomic E-state index is 0.174. The Labute approximate surface area is 105 Å². The smallest absolute Gasteiger partial charge is 0.0964 e. The predicted molar refractivity (Wildman–Crippen MR) is 65.5 cm³/mol. The van der Waals surface area contributed by atoms with Gasteiger partial charge in [0.25, 0.3) is 0 Å². The van der Waals surface area contributed by atoms with E-state index < -0.39 is 0 Å². The fourth-order valence-corrected chi connectivity index (χ4v) is 1.64. The Bertz CT molecular complexity index is 477. The average Bonchev–Trinajstić information content (AvgIpc) is 2.96. The lowest BCUT2D eigenvalue weighted by atomic mass is 10.4. The van der Waals surface area contributed by atoms with Crippen LogP contribution in [-0.4, -0.2) is 36.5 Å². The number of aliphatic hydroxyl groups is 1. The minimum Gasteiger partial charge on any atom is -0.396 e. The van der Waals surface area contributed by atoms with Crippen LogP contribution >= 0.6 is 0 Å². The summed E-state index contributed by atoms with van der Waals surface area (Å²) in [6, 6.07) is 1.98. The molecule has 0 saturated carbocycles. The van der Waals surface area contributed by atoms with Crippen molar-refractivity contribution in [3.05, 3.63) is 29.8 Å². The molecule has 0 atom stereocenters. The lowest BCUT2D eigenvalue weighted by Gasteiger charge is -1.98. The van der Waals surface area contributed by atoms with Gasteiger partial charge in [-0.1, -0.05) is 5.21 Å². The van der Waals surface area contributed by atoms with Gasteiger partial charge < -0.3 is 10.4 Å². The van der Waals surface area contributed by atoms with E-state index in [9.17, 15) is 0 Å². The molecule has 0 radical (unpaired) electrons. The number of aliphatic hydroxyl groups excluding tert-OH is 1. The minimum atomic E-state index is 0.174. The standard InChI is InChI=1S/C11H18N6O/c1-16-5-3-10(14-16)7-12-8-11-9-17(15-13-11)4-2-6-18/h3,5,9,12,18H,2,4,6-8H2,1H3. The van der Waals surface area contributed by atoms with Gasteiger partial charge in [0.05, 0.1) is 11.4 Å². The van der Waals surface area contributed by atoms with Crippen molar-refractivity contribution in [3.8, 4) is 0 Å². The second-order valence-corrected chi connectivity index (χ2v) is 4.13. The highest BCUT2D eigenvalue weighted by Crippen LogP contribution is 1.97. The highest BCUT2D eigenvalue weighted by atomic mass is 16.3. The highest BCUT2D eigenvalue weighted by molar-refractivity contribution is 4.99. The molecular weight excluding hydrogens is 232 g/mol. The summed E-state index contributed by atoms with van der Waals surface area (Å²) in [7, 11) is 1.90. The molecule has 2 rings (SSSR count). The van der Waals surface area contributed by atoms with E-state index in [2.05, 4.69) is 20.7 Å². The number of rotatable bonds is 7. The molecule has 0 aromatic carbocycles. The second-order valence-electron chi connectivity index (χ2n) is 4.13. The SMILES string of the molecule is Cn1ccc(CNCc2cn(CCCO)nn2)n1. The van der Waals surface area contributed by atoms with Gasteiger partial charge in [0.1, 0.15) is 0 Å². The normalized spacial score (nSPS) is 11.0. The number of nitrogens with zero attached hydrogens (tertiary/aromatic N) is 5. The summed E-state index contributed by atoms with van der Waals surface area (Å²) in [5.74, 6) is 0. The number of hydrogen-bond acceptors (Lipinski definition) is 5. The first kappa shape index (κ1) is 12.7. The van der Waals surface area contributed by atoms with E-state index in [4.69, 9.17) is 5.11 Å². The molecular formula is C11H18N6O. The van der Waals surface area contributed by atoms with Crippen LogP contribution in [0.5, 0.6) is 0 Å². The molecule has 0 saturated heterocycles. The highest BCUT2D eigenvalue weighted by Gasteiger charge is 2.01. The van der Waals surface area contributed by atoms with Crippen LogP contribution in [0.15, 0.2) is 18.5 Å². The fraction of sp³-hybridized carbons (Fsp3) is 0.545. The summed E-state index contributed by atoms with van der Waals surface area (Å²) in [4.78, 5) is 0. The molecule has 7 nitrogen and oxygen atoms in total. The third-order valence-electron chi connectivity index (χ3n) is 2.51. The van der Waals surface area contributed by atoms with Gasteiger partial charge >= 0.3 is 0 Å². The maximum Gasteiger partial charge on any atom is 0.0964 e. The Morgan fingerprint density at radius 3 is 2.89 bits per heavy atom. The second kappa shape index (κ2) is 6.27. The molecule has 0 aliphatic heterocycles. The summed E-state index contributed by atoms with van der Waals surface area (Å²) in [6.45, 7) is 2.25. The molecule has 0 unspecified atom stereocenters. The monoisotopic (exact) mass is 250 g/mol. The van der Waals surface area contributed by atoms with E-state index in [1.54, 1.807) is 9.36 Å². The van der Waals surface area contributed by atoms with Crippen LogP contribution in [-0.2, 0) is 26.7 Å². The fourth-order valence-electron chi connectivity index (χ4n) is 1.64. The van der Waals surface area contributed by atoms with Crippen molar-refractivity contribution in [3.63, 3.8) is 0 Å². The summed E-state index contributed by atoms with van der Waals surface area (Å²) in [5, 5.41) is 24.3. The Morgan fingerprint density at radius 1 is 1.33 bits per heavy atom. The third kappa shape index (κ3) is 3.64. The van der Waals surface area contributed by atoms with Gasteiger partial charge in [-0.3, -0.25) is 9.36 Å². The van der Waals surface area contributed by atoms with E-state index >= 15 is 0 Å². The molecule has 0 amide bonds. The van der Waals surface area contributed by atoms with Crippen LogP contribution in [0.25, 0.3) is 0 Å². The first-order chi connectivity index (χ1) is 8.78. The van der Waals surface area contributed by atoms with Crippen LogP contribution in [0.3, 0.4) is 0 Å². The number of hydrogen-bond donors (Lipinski definition) is 2. The Balaban J connectivity index is 1.74. The van der Waals surface area contributed by atoms with Crippen molar-refractivity contribution >= 4 is 0 Å². The van der Waals surface area contributed by atoms with Crippen molar-refractivity contribution < 1.29 is 5.11 Å². The molecule has 0 spiro atoms. The predicted octanol–water partition coefficient (Wildman–Crippen LogP) is -0.316. The van der Waals surface area contributed by atoms with Crippen molar-refractivity contribution in [1.29, 1.82) is 0 Å². The van der Waals surface area contributed by atoms with E-state index in [0.29, 0.717) is 26.1 Å². The van der Waals surface area contributed by atoms with E-state index in [-0.39, 0.29) is 6.61 Å². The van der Waals surface area contributed by atoms with Gasteiger partial charge in [0.2, 0.25) is 0 Å². The molecule has 0 aliphatic carbocycles. The molecule has 0 aliphatic rings. The van der Waals surface area contributed by atoms with Gasteiger partial charge in [0.15, 0.2) is 0 Å². The van der Waals surface area contributed by atoms with Crippen molar-refractivity contribution in [2.75, 3.05) is 6.61 Å². The van der Waals surface area contributed by atoms with Crippen molar-refractivity contribution in [1.82, 2.24) is 30.1 Å². The van der Waals surface area contributed by atoms with Crippen molar-refractivity contribution in [2.45, 2.75) is 26.1 Å². The van der Waals surface area contributed by atoms with Crippen LogP contribution in [0.1, 0.15) is 17.8 Å². The quantitative estimate of drug-likeness (QED) is 0.704. The number of nitrogens with one attached hydrogen (secondary N) is 1. The molecule has 2 N–H and O–H groups in total. The molecule has 7 heteroatoms. The number of aryl methyl sites for hydroxylation is 2. The zero-order valence-electron chi connectivity index (χ0n) is 10.5. The lowest BCUT2D eigenvalue weighted by Crippen LogP contribution is -2.13. The van der Waals surface area contributed by atoms with Gasteiger partial charge in [-0.05, 0) is 12.5 Å². The topological polar surface area (TPSA) is 80.8 Å². The lowest BCUT2D eigenvalue weighted by molar-refractivity contribution is 0.276. The molecule has 2 aromatic rings. The Kier molecular flexibility index (Phi) is 4.43. The Morgan fingerprint density at radius 2 is 2.17 bits per heavy atom. The number of aromatic nitrogens is 5. The van der Waals surface area contributed by atoms with Gasteiger partial charge in [0, 0.05) is 45.7 Å². The zero-order valence-corrected chi connectivity index (χ0v) is 10.5. The van der Waals surface area contributed by atoms with E-state index in [0.717, 1.165) is 11.4 Å². The van der Waals surface area contributed by atoms with Gasteiger partial charge in [-0.25, -0.2) is 0 Å². The Hall–Kier alpha value is -1.73. The maximum atomic E-state index is 8.72. The van der Waals surface area contributed by atoms with Crippen LogP contribution < -0.4 is 5.32 Å². The molecule has 98 valence electrons. The molecule has 2 heterocycles. The molecule has 0 bridgehead atoms. The van der Waals surface area contributed by atoms with E-state index in [1.807, 2.05) is 25.5 Å². The largest absolute Gasteiger partial charge is 0.396 e. The first-order valence-electron chi connectivity index (χ1n) is 5.97. The molecule has 0 fully saturated rings. The van der Waals surface area contributed by atoms with E-state index in [1.165, 1.54) is 0 Å². The van der Waals surface area contributed by atoms with Gasteiger partial charge in [-0.15, -0.1) is 5.10 Å². The first-order valence-corrected chi connectivity index (χ1v) is 5.97. The van der Waals surface area contributed by atoms with Gasteiger partial charge in [-0.2, -0.15) is 5.10 Å². The van der Waals surface area contributed by atoms with Crippen LogP contribution in [0, 0.1) is 0 Å². The molecule has 2 aromatic heterocycles. The summed E-state index contributed by atoms with van der Waals surface area (Å²) in [5.41, 5.74) is 1.90. The summed E-state index contributed by atoms with van der Waals surface area (Å²) >= 11 is 0. The third-order valence-corrected chi connectivity index (χ3v) is 2.51. The molecule has 18 heavy (non-hydrogen) atoms. The van der Waals surface area contributed by atoms with Crippen LogP contribution in [0.4, 0.5) is 0 Å². The maximum absolute atomic E-state index is 8.72. The summed E-state index contributed by atoms with van der Waals surface area (Å²) in [6.07, 6.45) is 4.51. The van der Waals surface area contributed by atoms with Crippen molar-refractivity contribution in [2.24, 2.45) is 7.05 Å².